The fourth-order valence-electron chi connectivity index (χ4n) is 2.04. The predicted molar refractivity (Wildman–Crippen MR) is 79.0 cm³/mol. The van der Waals surface area contributed by atoms with E-state index in [0.29, 0.717) is 35.3 Å². The maximum Gasteiger partial charge on any atom is 0.189 e. The number of aromatic nitrogens is 2. The van der Waals surface area contributed by atoms with Crippen molar-refractivity contribution in [3.8, 4) is 11.5 Å². The number of rotatable bonds is 3. The van der Waals surface area contributed by atoms with E-state index in [1.807, 2.05) is 0 Å². The van der Waals surface area contributed by atoms with Gasteiger partial charge < -0.3 is 9.47 Å². The van der Waals surface area contributed by atoms with Crippen LogP contribution in [0.25, 0.3) is 6.08 Å². The van der Waals surface area contributed by atoms with Crippen LogP contribution >= 0.6 is 11.6 Å². The molecule has 6 heteroatoms. The third kappa shape index (κ3) is 2.92. The molecule has 2 aromatic rings. The molecule has 1 aromatic heterocycles. The van der Waals surface area contributed by atoms with E-state index in [9.17, 15) is 4.79 Å². The molecule has 0 atom stereocenters. The second-order valence-electron chi connectivity index (χ2n) is 4.63. The molecule has 0 bridgehead atoms. The van der Waals surface area contributed by atoms with E-state index in [-0.39, 0.29) is 5.78 Å². The van der Waals surface area contributed by atoms with Crippen LogP contribution in [0.3, 0.4) is 0 Å². The van der Waals surface area contributed by atoms with Gasteiger partial charge in [-0.05, 0) is 23.8 Å². The summed E-state index contributed by atoms with van der Waals surface area (Å²) in [5.41, 5.74) is 1.32. The molecule has 3 rings (SSSR count). The second kappa shape index (κ2) is 5.61. The average molecular weight is 305 g/mol. The number of allylic oxidation sites excluding steroid dienone is 1. The van der Waals surface area contributed by atoms with Crippen molar-refractivity contribution >= 4 is 23.5 Å². The zero-order valence-corrected chi connectivity index (χ0v) is 12.1. The summed E-state index contributed by atoms with van der Waals surface area (Å²) in [7, 11) is 1.76. The third-order valence-corrected chi connectivity index (χ3v) is 3.32. The Morgan fingerprint density at radius 3 is 2.95 bits per heavy atom. The molecule has 108 valence electrons. The van der Waals surface area contributed by atoms with Crippen LogP contribution < -0.4 is 9.47 Å². The van der Waals surface area contributed by atoms with Crippen LogP contribution in [-0.4, -0.2) is 28.8 Å². The highest BCUT2D eigenvalue weighted by Gasteiger charge is 2.16. The van der Waals surface area contributed by atoms with Crippen LogP contribution in [0.2, 0.25) is 5.02 Å². The lowest BCUT2D eigenvalue weighted by molar-refractivity contribution is 0.104. The van der Waals surface area contributed by atoms with Gasteiger partial charge in [-0.3, -0.25) is 9.48 Å². The number of hydrogen-bond donors (Lipinski definition) is 0. The molecule has 21 heavy (non-hydrogen) atoms. The van der Waals surface area contributed by atoms with Crippen LogP contribution in [0.5, 0.6) is 11.5 Å². The molecule has 0 spiro atoms. The first-order chi connectivity index (χ1) is 10.1. The maximum absolute atomic E-state index is 12.0. The minimum atomic E-state index is -0.117. The van der Waals surface area contributed by atoms with E-state index in [1.165, 1.54) is 12.3 Å². The quantitative estimate of drug-likeness (QED) is 0.646. The number of nitrogens with zero attached hydrogens (tertiary/aromatic N) is 2. The topological polar surface area (TPSA) is 53.4 Å². The van der Waals surface area contributed by atoms with E-state index >= 15 is 0 Å². The summed E-state index contributed by atoms with van der Waals surface area (Å²) in [5.74, 6) is 1.04. The zero-order valence-electron chi connectivity index (χ0n) is 11.4. The van der Waals surface area contributed by atoms with Gasteiger partial charge in [-0.25, -0.2) is 0 Å². The normalized spacial score (nSPS) is 13.6. The highest BCUT2D eigenvalue weighted by Crippen LogP contribution is 2.38. The number of benzene rings is 1. The van der Waals surface area contributed by atoms with Gasteiger partial charge in [0.1, 0.15) is 13.2 Å². The van der Waals surface area contributed by atoms with Gasteiger partial charge in [0.15, 0.2) is 17.3 Å². The monoisotopic (exact) mass is 304 g/mol. The van der Waals surface area contributed by atoms with Gasteiger partial charge >= 0.3 is 0 Å². The maximum atomic E-state index is 12.0. The molecule has 5 nitrogen and oxygen atoms in total. The molecule has 1 aliphatic rings. The average Bonchev–Trinajstić information content (AvgIpc) is 2.91. The van der Waals surface area contributed by atoms with Crippen LogP contribution in [-0.2, 0) is 7.05 Å². The van der Waals surface area contributed by atoms with E-state index < -0.39 is 0 Å². The number of ether oxygens (including phenoxy) is 2. The Labute approximate surface area is 126 Å². The highest BCUT2D eigenvalue weighted by atomic mass is 35.5. The molecule has 0 saturated carbocycles. The van der Waals surface area contributed by atoms with Crippen molar-refractivity contribution in [2.24, 2.45) is 7.05 Å². The molecular weight excluding hydrogens is 292 g/mol. The minimum absolute atomic E-state index is 0.117. The minimum Gasteiger partial charge on any atom is -0.486 e. The Morgan fingerprint density at radius 2 is 2.19 bits per heavy atom. The third-order valence-electron chi connectivity index (χ3n) is 3.04. The summed E-state index contributed by atoms with van der Waals surface area (Å²) < 4.78 is 12.5. The van der Waals surface area contributed by atoms with Crippen molar-refractivity contribution in [2.75, 3.05) is 13.2 Å². The predicted octanol–water partition coefficient (Wildman–Crippen LogP) is 2.74. The summed E-state index contributed by atoms with van der Waals surface area (Å²) in [6, 6.07) is 3.54. The summed E-state index contributed by atoms with van der Waals surface area (Å²) >= 11 is 6.15. The number of carbonyl (C=O) groups is 1. The van der Waals surface area contributed by atoms with Crippen LogP contribution in [0.15, 0.2) is 30.6 Å². The summed E-state index contributed by atoms with van der Waals surface area (Å²) in [5, 5.41) is 4.44. The van der Waals surface area contributed by atoms with E-state index in [0.717, 1.165) is 5.56 Å². The first-order valence-electron chi connectivity index (χ1n) is 6.44. The SMILES string of the molecule is Cn1cc(C(=O)C=Cc2cc(Cl)c3c(c2)OCCO3)cn1. The van der Waals surface area contributed by atoms with Gasteiger partial charge in [0.05, 0.1) is 16.8 Å². The van der Waals surface area contributed by atoms with Crippen molar-refractivity contribution in [1.29, 1.82) is 0 Å². The molecule has 0 N–H and O–H groups in total. The molecule has 1 aliphatic heterocycles. The van der Waals surface area contributed by atoms with Gasteiger partial charge in [0.25, 0.3) is 0 Å². The standard InChI is InChI=1S/C15H13ClN2O3/c1-18-9-11(8-17-18)13(19)3-2-10-6-12(16)15-14(7-10)20-4-5-21-15/h2-3,6-9H,4-5H2,1H3. The molecule has 2 heterocycles. The number of fused-ring (bicyclic) bond motifs is 1. The highest BCUT2D eigenvalue weighted by molar-refractivity contribution is 6.32. The van der Waals surface area contributed by atoms with Gasteiger partial charge in [0, 0.05) is 13.2 Å². The lowest BCUT2D eigenvalue weighted by Crippen LogP contribution is -2.15. The summed E-state index contributed by atoms with van der Waals surface area (Å²) in [6.07, 6.45) is 6.38. The zero-order chi connectivity index (χ0) is 14.8. The Balaban J connectivity index is 1.83. The lowest BCUT2D eigenvalue weighted by Gasteiger charge is -2.19. The number of ketones is 1. The molecule has 0 amide bonds. The van der Waals surface area contributed by atoms with Crippen molar-refractivity contribution < 1.29 is 14.3 Å². The molecule has 0 radical (unpaired) electrons. The first-order valence-corrected chi connectivity index (χ1v) is 6.81. The van der Waals surface area contributed by atoms with E-state index in [2.05, 4.69) is 5.10 Å². The second-order valence-corrected chi connectivity index (χ2v) is 5.03. The number of carbonyl (C=O) groups excluding carboxylic acids is 1. The largest absolute Gasteiger partial charge is 0.486 e. The Kier molecular flexibility index (Phi) is 3.66. The molecular formula is C15H13ClN2O3. The van der Waals surface area contributed by atoms with Gasteiger partial charge in [-0.1, -0.05) is 17.7 Å². The number of hydrogen-bond acceptors (Lipinski definition) is 4. The van der Waals surface area contributed by atoms with Crippen molar-refractivity contribution in [2.45, 2.75) is 0 Å². The Bertz CT molecular complexity index is 722. The number of halogens is 1. The molecule has 0 aliphatic carbocycles. The number of aryl methyl sites for hydroxylation is 1. The fourth-order valence-corrected chi connectivity index (χ4v) is 2.32. The van der Waals surface area contributed by atoms with E-state index in [4.69, 9.17) is 21.1 Å². The molecule has 0 saturated heterocycles. The smallest absolute Gasteiger partial charge is 0.189 e. The first kappa shape index (κ1) is 13.7. The summed E-state index contributed by atoms with van der Waals surface area (Å²) in [6.45, 7) is 0.979. The Hall–Kier alpha value is -2.27. The van der Waals surface area contributed by atoms with Gasteiger partial charge in [-0.2, -0.15) is 5.10 Å². The van der Waals surface area contributed by atoms with Crippen LogP contribution in [0.4, 0.5) is 0 Å². The molecule has 1 aromatic carbocycles. The van der Waals surface area contributed by atoms with Gasteiger partial charge in [-0.15, -0.1) is 0 Å². The van der Waals surface area contributed by atoms with Crippen molar-refractivity contribution in [3.05, 3.63) is 46.8 Å². The van der Waals surface area contributed by atoms with Crippen molar-refractivity contribution in [3.63, 3.8) is 0 Å². The van der Waals surface area contributed by atoms with Crippen LogP contribution in [0.1, 0.15) is 15.9 Å². The fraction of sp³-hybridized carbons (Fsp3) is 0.200. The summed E-state index contributed by atoms with van der Waals surface area (Å²) in [4.78, 5) is 12.0. The van der Waals surface area contributed by atoms with Crippen molar-refractivity contribution in [1.82, 2.24) is 9.78 Å². The molecule has 0 fully saturated rings. The Morgan fingerprint density at radius 1 is 1.38 bits per heavy atom. The van der Waals surface area contributed by atoms with Crippen LogP contribution in [0, 0.1) is 0 Å². The molecule has 0 unspecified atom stereocenters. The van der Waals surface area contributed by atoms with Gasteiger partial charge in [0.2, 0.25) is 0 Å². The lowest BCUT2D eigenvalue weighted by atomic mass is 10.1. The van der Waals surface area contributed by atoms with E-state index in [1.54, 1.807) is 36.1 Å².